The van der Waals surface area contributed by atoms with Gasteiger partial charge in [-0.2, -0.15) is 0 Å². The number of carbonyl (C=O) groups excluding carboxylic acids is 1. The first-order chi connectivity index (χ1) is 10.9. The number of nitrogens with one attached hydrogen (secondary N) is 2. The number of piperidine rings is 2. The number of hydrogen-bond donors (Lipinski definition) is 2. The minimum Gasteiger partial charge on any atom is -0.444 e. The molecule has 5 heteroatoms. The Morgan fingerprint density at radius 3 is 2.39 bits per heavy atom. The van der Waals surface area contributed by atoms with Gasteiger partial charge in [-0.1, -0.05) is 0 Å². The second-order valence-corrected chi connectivity index (χ2v) is 8.15. The molecule has 2 fully saturated rings. The van der Waals surface area contributed by atoms with Crippen LogP contribution in [0.5, 0.6) is 0 Å². The molecular formula is C18H35N3O2. The summed E-state index contributed by atoms with van der Waals surface area (Å²) in [6.45, 7) is 12.5. The van der Waals surface area contributed by atoms with E-state index in [0.717, 1.165) is 24.8 Å². The quantitative estimate of drug-likeness (QED) is 0.816. The first-order valence-corrected chi connectivity index (χ1v) is 9.32. The van der Waals surface area contributed by atoms with Crippen LogP contribution in [0.4, 0.5) is 4.79 Å². The summed E-state index contributed by atoms with van der Waals surface area (Å²) in [5.74, 6) is 1.64. The Hall–Kier alpha value is -0.810. The highest BCUT2D eigenvalue weighted by molar-refractivity contribution is 5.67. The van der Waals surface area contributed by atoms with Crippen LogP contribution in [0.2, 0.25) is 0 Å². The van der Waals surface area contributed by atoms with E-state index in [1.807, 2.05) is 20.8 Å². The van der Waals surface area contributed by atoms with Crippen LogP contribution < -0.4 is 10.6 Å². The minimum atomic E-state index is -0.413. The van der Waals surface area contributed by atoms with Crippen molar-refractivity contribution in [2.75, 3.05) is 39.3 Å². The van der Waals surface area contributed by atoms with Crippen LogP contribution in [-0.4, -0.2) is 55.9 Å². The standard InChI is InChI=1S/C18H35N3O2/c1-18(2,3)23-17(22)20-11-6-15-7-12-21(13-8-15)14-16-4-9-19-10-5-16/h15-16,19H,4-14H2,1-3H3,(H,20,22). The van der Waals surface area contributed by atoms with E-state index in [4.69, 9.17) is 4.74 Å². The van der Waals surface area contributed by atoms with Crippen molar-refractivity contribution in [3.05, 3.63) is 0 Å². The largest absolute Gasteiger partial charge is 0.444 e. The molecule has 0 aromatic rings. The Balaban J connectivity index is 1.55. The minimum absolute atomic E-state index is 0.291. The zero-order valence-electron chi connectivity index (χ0n) is 15.2. The van der Waals surface area contributed by atoms with Gasteiger partial charge in [-0.15, -0.1) is 0 Å². The van der Waals surface area contributed by atoms with Crippen LogP contribution >= 0.6 is 0 Å². The summed E-state index contributed by atoms with van der Waals surface area (Å²) in [7, 11) is 0. The molecule has 2 rings (SSSR count). The molecule has 2 aliphatic rings. The third kappa shape index (κ3) is 7.53. The topological polar surface area (TPSA) is 53.6 Å². The molecule has 2 saturated heterocycles. The maximum atomic E-state index is 11.6. The maximum Gasteiger partial charge on any atom is 0.407 e. The van der Waals surface area contributed by atoms with Gasteiger partial charge in [0.25, 0.3) is 0 Å². The van der Waals surface area contributed by atoms with Gasteiger partial charge >= 0.3 is 6.09 Å². The van der Waals surface area contributed by atoms with E-state index < -0.39 is 5.60 Å². The molecule has 0 spiro atoms. The zero-order chi connectivity index (χ0) is 16.7. The molecule has 0 aromatic heterocycles. The summed E-state index contributed by atoms with van der Waals surface area (Å²) in [5.41, 5.74) is -0.413. The zero-order valence-corrected chi connectivity index (χ0v) is 15.2. The van der Waals surface area contributed by atoms with Crippen molar-refractivity contribution in [1.82, 2.24) is 15.5 Å². The maximum absolute atomic E-state index is 11.6. The predicted molar refractivity (Wildman–Crippen MR) is 93.6 cm³/mol. The van der Waals surface area contributed by atoms with Crippen molar-refractivity contribution in [1.29, 1.82) is 0 Å². The molecule has 1 amide bonds. The predicted octanol–water partition coefficient (Wildman–Crippen LogP) is 2.61. The van der Waals surface area contributed by atoms with E-state index in [9.17, 15) is 4.79 Å². The van der Waals surface area contributed by atoms with Crippen molar-refractivity contribution in [2.45, 2.75) is 58.5 Å². The Kier molecular flexibility index (Phi) is 7.15. The molecule has 23 heavy (non-hydrogen) atoms. The summed E-state index contributed by atoms with van der Waals surface area (Å²) in [4.78, 5) is 14.3. The molecule has 0 aromatic carbocycles. The molecule has 0 radical (unpaired) electrons. The Morgan fingerprint density at radius 1 is 1.13 bits per heavy atom. The second kappa shape index (κ2) is 8.88. The van der Waals surface area contributed by atoms with E-state index >= 15 is 0 Å². The van der Waals surface area contributed by atoms with E-state index in [1.165, 1.54) is 58.4 Å². The third-order valence-electron chi connectivity index (χ3n) is 4.90. The fourth-order valence-electron chi connectivity index (χ4n) is 3.58. The van der Waals surface area contributed by atoms with Crippen molar-refractivity contribution in [2.24, 2.45) is 11.8 Å². The number of carbonyl (C=O) groups is 1. The smallest absolute Gasteiger partial charge is 0.407 e. The van der Waals surface area contributed by atoms with Gasteiger partial charge < -0.3 is 20.3 Å². The highest BCUT2D eigenvalue weighted by Crippen LogP contribution is 2.22. The Morgan fingerprint density at radius 2 is 1.78 bits per heavy atom. The lowest BCUT2D eigenvalue weighted by Gasteiger charge is -2.35. The van der Waals surface area contributed by atoms with Crippen LogP contribution in [0.3, 0.4) is 0 Å². The number of likely N-dealkylation sites (tertiary alicyclic amines) is 1. The lowest BCUT2D eigenvalue weighted by Crippen LogP contribution is -2.40. The van der Waals surface area contributed by atoms with Crippen LogP contribution in [-0.2, 0) is 4.74 Å². The summed E-state index contributed by atoms with van der Waals surface area (Å²) < 4.78 is 5.27. The number of alkyl carbamates (subject to hydrolysis) is 1. The lowest BCUT2D eigenvalue weighted by atomic mass is 9.91. The fourth-order valence-corrected chi connectivity index (χ4v) is 3.58. The molecule has 2 aliphatic heterocycles. The van der Waals surface area contributed by atoms with Gasteiger partial charge in [0.2, 0.25) is 0 Å². The molecule has 0 bridgehead atoms. The van der Waals surface area contributed by atoms with Crippen molar-refractivity contribution < 1.29 is 9.53 Å². The lowest BCUT2D eigenvalue weighted by molar-refractivity contribution is 0.0522. The Bertz CT molecular complexity index is 354. The Labute approximate surface area is 141 Å². The monoisotopic (exact) mass is 325 g/mol. The molecule has 134 valence electrons. The van der Waals surface area contributed by atoms with Crippen molar-refractivity contribution in [3.63, 3.8) is 0 Å². The first kappa shape index (κ1) is 18.5. The first-order valence-electron chi connectivity index (χ1n) is 9.32. The van der Waals surface area contributed by atoms with E-state index in [1.54, 1.807) is 0 Å². The second-order valence-electron chi connectivity index (χ2n) is 8.15. The molecule has 0 saturated carbocycles. The van der Waals surface area contributed by atoms with Crippen molar-refractivity contribution >= 4 is 6.09 Å². The highest BCUT2D eigenvalue weighted by Gasteiger charge is 2.23. The van der Waals surface area contributed by atoms with Crippen LogP contribution in [0, 0.1) is 11.8 Å². The van der Waals surface area contributed by atoms with Crippen LogP contribution in [0.15, 0.2) is 0 Å². The highest BCUT2D eigenvalue weighted by atomic mass is 16.6. The van der Waals surface area contributed by atoms with E-state index in [0.29, 0.717) is 0 Å². The number of ether oxygens (including phenoxy) is 1. The summed E-state index contributed by atoms with van der Waals surface area (Å²) in [6, 6.07) is 0. The van der Waals surface area contributed by atoms with Gasteiger partial charge in [0.05, 0.1) is 0 Å². The van der Waals surface area contributed by atoms with Gasteiger partial charge in [-0.05, 0) is 90.9 Å². The number of nitrogens with zero attached hydrogens (tertiary/aromatic N) is 1. The SMILES string of the molecule is CC(C)(C)OC(=O)NCCC1CCN(CC2CCNCC2)CC1. The van der Waals surface area contributed by atoms with Crippen LogP contribution in [0.1, 0.15) is 52.9 Å². The van der Waals surface area contributed by atoms with Gasteiger partial charge in [-0.3, -0.25) is 0 Å². The molecular weight excluding hydrogens is 290 g/mol. The molecule has 0 aliphatic carbocycles. The van der Waals surface area contributed by atoms with Gasteiger partial charge in [0.1, 0.15) is 5.60 Å². The fraction of sp³-hybridized carbons (Fsp3) is 0.944. The van der Waals surface area contributed by atoms with Crippen molar-refractivity contribution in [3.8, 4) is 0 Å². The molecule has 2 N–H and O–H groups in total. The number of rotatable bonds is 5. The summed E-state index contributed by atoms with van der Waals surface area (Å²) >= 11 is 0. The molecule has 0 unspecified atom stereocenters. The average molecular weight is 325 g/mol. The van der Waals surface area contributed by atoms with E-state index in [-0.39, 0.29) is 6.09 Å². The normalized spacial score (nSPS) is 22.0. The summed E-state index contributed by atoms with van der Waals surface area (Å²) in [5, 5.41) is 6.32. The third-order valence-corrected chi connectivity index (χ3v) is 4.90. The van der Waals surface area contributed by atoms with E-state index in [2.05, 4.69) is 15.5 Å². The number of amides is 1. The van der Waals surface area contributed by atoms with Crippen LogP contribution in [0.25, 0.3) is 0 Å². The average Bonchev–Trinajstić information content (AvgIpc) is 2.48. The molecule has 2 heterocycles. The molecule has 0 atom stereocenters. The summed E-state index contributed by atoms with van der Waals surface area (Å²) in [6.07, 6.45) is 5.97. The number of hydrogen-bond acceptors (Lipinski definition) is 4. The van der Waals surface area contributed by atoms with Gasteiger partial charge in [0.15, 0.2) is 0 Å². The van der Waals surface area contributed by atoms with Gasteiger partial charge in [0, 0.05) is 13.1 Å². The molecule has 5 nitrogen and oxygen atoms in total. The van der Waals surface area contributed by atoms with Gasteiger partial charge in [-0.25, -0.2) is 4.79 Å².